The van der Waals surface area contributed by atoms with Gasteiger partial charge in [-0.2, -0.15) is 11.8 Å². The average Bonchev–Trinajstić information content (AvgIpc) is 2.17. The molecule has 0 unspecified atom stereocenters. The summed E-state index contributed by atoms with van der Waals surface area (Å²) < 4.78 is 0. The maximum Gasteiger partial charge on any atom is 0.227 e. The average molecular weight is 244 g/mol. The Balaban J connectivity index is 2.57. The predicted octanol–water partition coefficient (Wildman–Crippen LogP) is 1.76. The lowest BCUT2D eigenvalue weighted by molar-refractivity contribution is -0.133. The van der Waals surface area contributed by atoms with Crippen LogP contribution in [0.3, 0.4) is 0 Å². The van der Waals surface area contributed by atoms with Crippen LogP contribution in [0.5, 0.6) is 0 Å². The molecular formula is C12H24N2OS. The molecular weight excluding hydrogens is 220 g/mol. The van der Waals surface area contributed by atoms with E-state index in [4.69, 9.17) is 5.73 Å². The Morgan fingerprint density at radius 1 is 1.25 bits per heavy atom. The quantitative estimate of drug-likeness (QED) is 0.795. The summed E-state index contributed by atoms with van der Waals surface area (Å²) >= 11 is 1.96. The van der Waals surface area contributed by atoms with E-state index in [0.717, 1.165) is 24.3 Å². The first-order valence-electron chi connectivity index (χ1n) is 5.93. The monoisotopic (exact) mass is 244 g/mol. The third kappa shape index (κ3) is 3.14. The van der Waals surface area contributed by atoms with E-state index in [9.17, 15) is 4.79 Å². The van der Waals surface area contributed by atoms with Crippen molar-refractivity contribution < 1.29 is 4.79 Å². The first-order valence-corrected chi connectivity index (χ1v) is 7.08. The van der Waals surface area contributed by atoms with Crippen molar-refractivity contribution in [3.8, 4) is 0 Å². The van der Waals surface area contributed by atoms with Crippen LogP contribution < -0.4 is 11.1 Å². The third-order valence-electron chi connectivity index (χ3n) is 3.74. The molecule has 1 heterocycles. The number of thioether (sulfide) groups is 1. The fraction of sp³-hybridized carbons (Fsp3) is 0.917. The third-order valence-corrected chi connectivity index (χ3v) is 4.78. The Labute approximate surface area is 103 Å². The van der Waals surface area contributed by atoms with Crippen LogP contribution >= 0.6 is 11.8 Å². The van der Waals surface area contributed by atoms with E-state index in [2.05, 4.69) is 5.32 Å². The molecule has 1 aliphatic heterocycles. The smallest absolute Gasteiger partial charge is 0.227 e. The molecule has 0 aromatic rings. The van der Waals surface area contributed by atoms with Gasteiger partial charge in [0.1, 0.15) is 0 Å². The number of rotatable bonds is 3. The summed E-state index contributed by atoms with van der Waals surface area (Å²) in [6.07, 6.45) is 2.16. The van der Waals surface area contributed by atoms with E-state index in [1.807, 2.05) is 39.5 Å². The molecule has 1 aliphatic rings. The Hall–Kier alpha value is -0.220. The zero-order valence-corrected chi connectivity index (χ0v) is 11.6. The Morgan fingerprint density at radius 3 is 2.19 bits per heavy atom. The van der Waals surface area contributed by atoms with Crippen LogP contribution in [0.2, 0.25) is 0 Å². The number of nitrogens with two attached hydrogens (primary N) is 1. The van der Waals surface area contributed by atoms with Gasteiger partial charge in [-0.15, -0.1) is 0 Å². The molecule has 3 N–H and O–H groups in total. The molecule has 1 rings (SSSR count). The molecule has 1 amide bonds. The van der Waals surface area contributed by atoms with Crippen LogP contribution in [0.1, 0.15) is 40.5 Å². The van der Waals surface area contributed by atoms with Crippen molar-refractivity contribution in [1.29, 1.82) is 0 Å². The highest BCUT2D eigenvalue weighted by Crippen LogP contribution is 2.29. The first kappa shape index (κ1) is 13.8. The molecule has 94 valence electrons. The van der Waals surface area contributed by atoms with Crippen LogP contribution in [0.25, 0.3) is 0 Å². The molecule has 4 heteroatoms. The van der Waals surface area contributed by atoms with Gasteiger partial charge >= 0.3 is 0 Å². The second kappa shape index (κ2) is 4.96. The van der Waals surface area contributed by atoms with E-state index < -0.39 is 11.0 Å². The summed E-state index contributed by atoms with van der Waals surface area (Å²) in [5, 5.41) is 3.13. The van der Waals surface area contributed by atoms with Crippen molar-refractivity contribution >= 4 is 17.7 Å². The summed E-state index contributed by atoms with van der Waals surface area (Å²) in [5.74, 6) is 2.38. The maximum absolute atomic E-state index is 12.2. The van der Waals surface area contributed by atoms with Crippen LogP contribution in [0, 0.1) is 5.41 Å². The summed E-state index contributed by atoms with van der Waals surface area (Å²) in [4.78, 5) is 12.2. The van der Waals surface area contributed by atoms with Gasteiger partial charge in [0.05, 0.1) is 5.41 Å². The zero-order valence-electron chi connectivity index (χ0n) is 10.8. The molecule has 1 fully saturated rings. The van der Waals surface area contributed by atoms with Crippen molar-refractivity contribution in [3.05, 3.63) is 0 Å². The molecule has 16 heavy (non-hydrogen) atoms. The number of amides is 1. The Bertz CT molecular complexity index is 252. The molecule has 0 aromatic carbocycles. The van der Waals surface area contributed by atoms with Crippen LogP contribution in [0.4, 0.5) is 0 Å². The van der Waals surface area contributed by atoms with Crippen molar-refractivity contribution in [2.45, 2.75) is 52.1 Å². The summed E-state index contributed by atoms with van der Waals surface area (Å²) in [5.41, 5.74) is 5.02. The highest BCUT2D eigenvalue weighted by atomic mass is 32.2. The number of nitrogens with one attached hydrogen (secondary N) is 1. The van der Waals surface area contributed by atoms with Gasteiger partial charge in [-0.25, -0.2) is 0 Å². The van der Waals surface area contributed by atoms with E-state index in [-0.39, 0.29) is 5.91 Å². The van der Waals surface area contributed by atoms with Crippen LogP contribution in [-0.4, -0.2) is 29.0 Å². The molecule has 0 aliphatic carbocycles. The van der Waals surface area contributed by atoms with Gasteiger partial charge < -0.3 is 11.1 Å². The molecule has 0 spiro atoms. The van der Waals surface area contributed by atoms with E-state index in [1.54, 1.807) is 0 Å². The van der Waals surface area contributed by atoms with Crippen LogP contribution in [0.15, 0.2) is 0 Å². The number of hydrogen-bond acceptors (Lipinski definition) is 3. The molecule has 0 saturated carbocycles. The second-order valence-electron chi connectivity index (χ2n) is 5.71. The van der Waals surface area contributed by atoms with Gasteiger partial charge in [-0.1, -0.05) is 0 Å². The predicted molar refractivity (Wildman–Crippen MR) is 70.5 cm³/mol. The standard InChI is InChI=1S/C12H24N2OS/c1-11(2,12(3,4)13)10(15)14-9-5-7-16-8-6-9/h9H,5-8,13H2,1-4H3,(H,14,15). The Morgan fingerprint density at radius 2 is 1.75 bits per heavy atom. The first-order chi connectivity index (χ1) is 7.25. The lowest BCUT2D eigenvalue weighted by Gasteiger charge is -2.38. The fourth-order valence-electron chi connectivity index (χ4n) is 1.50. The lowest BCUT2D eigenvalue weighted by Crippen LogP contribution is -2.57. The molecule has 0 radical (unpaired) electrons. The summed E-state index contributed by atoms with van der Waals surface area (Å²) in [7, 11) is 0. The highest BCUT2D eigenvalue weighted by Gasteiger charge is 2.41. The minimum atomic E-state index is -0.530. The van der Waals surface area contributed by atoms with Gasteiger partial charge in [0.25, 0.3) is 0 Å². The number of carbonyl (C=O) groups excluding carboxylic acids is 1. The second-order valence-corrected chi connectivity index (χ2v) is 6.93. The van der Waals surface area contributed by atoms with Gasteiger partial charge in [-0.05, 0) is 52.0 Å². The van der Waals surface area contributed by atoms with E-state index in [0.29, 0.717) is 6.04 Å². The van der Waals surface area contributed by atoms with Crippen molar-refractivity contribution in [2.75, 3.05) is 11.5 Å². The minimum absolute atomic E-state index is 0.0805. The minimum Gasteiger partial charge on any atom is -0.353 e. The topological polar surface area (TPSA) is 55.1 Å². The number of hydrogen-bond donors (Lipinski definition) is 2. The molecule has 0 bridgehead atoms. The van der Waals surface area contributed by atoms with Gasteiger partial charge in [0.2, 0.25) is 5.91 Å². The lowest BCUT2D eigenvalue weighted by atomic mass is 9.74. The summed E-state index contributed by atoms with van der Waals surface area (Å²) in [6.45, 7) is 7.65. The van der Waals surface area contributed by atoms with Crippen molar-refractivity contribution in [2.24, 2.45) is 11.1 Å². The van der Waals surface area contributed by atoms with Gasteiger partial charge in [-0.3, -0.25) is 4.79 Å². The molecule has 0 atom stereocenters. The normalized spacial score (nSPS) is 19.6. The SMILES string of the molecule is CC(C)(N)C(C)(C)C(=O)NC1CCSCC1. The Kier molecular flexibility index (Phi) is 4.29. The molecule has 3 nitrogen and oxygen atoms in total. The van der Waals surface area contributed by atoms with Crippen molar-refractivity contribution in [1.82, 2.24) is 5.32 Å². The highest BCUT2D eigenvalue weighted by molar-refractivity contribution is 7.99. The van der Waals surface area contributed by atoms with Crippen molar-refractivity contribution in [3.63, 3.8) is 0 Å². The summed E-state index contributed by atoms with van der Waals surface area (Å²) in [6, 6.07) is 0.343. The van der Waals surface area contributed by atoms with Gasteiger partial charge in [0.15, 0.2) is 0 Å². The fourth-order valence-corrected chi connectivity index (χ4v) is 2.61. The number of carbonyl (C=O) groups is 1. The zero-order chi connectivity index (χ0) is 12.4. The molecule has 0 aromatic heterocycles. The van der Waals surface area contributed by atoms with E-state index >= 15 is 0 Å². The largest absolute Gasteiger partial charge is 0.353 e. The molecule has 1 saturated heterocycles. The maximum atomic E-state index is 12.2. The van der Waals surface area contributed by atoms with Gasteiger partial charge in [0, 0.05) is 11.6 Å². The van der Waals surface area contributed by atoms with Crippen LogP contribution in [-0.2, 0) is 4.79 Å². The van der Waals surface area contributed by atoms with E-state index in [1.165, 1.54) is 0 Å².